The number of nitrogens with one attached hydrogen (secondary N) is 1. The van der Waals surface area contributed by atoms with Gasteiger partial charge in [0.1, 0.15) is 12.6 Å². The van der Waals surface area contributed by atoms with Crippen LogP contribution in [0, 0.1) is 0 Å². The summed E-state index contributed by atoms with van der Waals surface area (Å²) in [6.45, 7) is 0.391. The Labute approximate surface area is 215 Å². The maximum atomic E-state index is 13.6. The molecule has 10 nitrogen and oxygen atoms in total. The molecule has 2 N–H and O–H groups in total. The number of carboxylic acid groups (broad SMARTS) is 1. The van der Waals surface area contributed by atoms with Gasteiger partial charge in [-0.3, -0.25) is 19.7 Å². The van der Waals surface area contributed by atoms with Crippen molar-refractivity contribution in [1.29, 1.82) is 0 Å². The highest BCUT2D eigenvalue weighted by atomic mass is 16.7. The number of benzene rings is 2. The van der Waals surface area contributed by atoms with Gasteiger partial charge in [-0.2, -0.15) is 0 Å². The topological polar surface area (TPSA) is 125 Å². The van der Waals surface area contributed by atoms with Crippen molar-refractivity contribution < 1.29 is 33.8 Å². The molecule has 196 valence electrons. The summed E-state index contributed by atoms with van der Waals surface area (Å²) in [7, 11) is 0. The van der Waals surface area contributed by atoms with Crippen molar-refractivity contribution in [3.63, 3.8) is 0 Å². The Balaban J connectivity index is 1.51. The minimum Gasteiger partial charge on any atom is -0.460 e. The summed E-state index contributed by atoms with van der Waals surface area (Å²) in [5.74, 6) is -1.29. The second-order valence-corrected chi connectivity index (χ2v) is 9.11. The smallest absolute Gasteiger partial charge is 0.460 e. The van der Waals surface area contributed by atoms with Gasteiger partial charge in [0.2, 0.25) is 5.91 Å². The Morgan fingerprint density at radius 2 is 1.68 bits per heavy atom. The molecule has 0 radical (unpaired) electrons. The van der Waals surface area contributed by atoms with Crippen molar-refractivity contribution in [3.8, 4) is 0 Å². The van der Waals surface area contributed by atoms with E-state index in [4.69, 9.17) is 14.6 Å². The molecule has 2 amide bonds. The molecule has 10 heteroatoms. The molecular weight excluding hydrogens is 478 g/mol. The van der Waals surface area contributed by atoms with Crippen LogP contribution in [0.1, 0.15) is 43.2 Å². The summed E-state index contributed by atoms with van der Waals surface area (Å²) in [4.78, 5) is 50.7. The molecule has 0 aliphatic carbocycles. The van der Waals surface area contributed by atoms with Crippen LogP contribution in [-0.2, 0) is 36.9 Å². The lowest BCUT2D eigenvalue weighted by molar-refractivity contribution is -0.196. The lowest BCUT2D eigenvalue weighted by Gasteiger charge is -2.42. The number of rotatable bonds is 9. The van der Waals surface area contributed by atoms with E-state index < -0.39 is 36.3 Å². The van der Waals surface area contributed by atoms with Crippen LogP contribution in [0.4, 0.5) is 4.79 Å². The number of fused-ring (bicyclic) bond motifs is 1. The number of esters is 1. The van der Waals surface area contributed by atoms with Crippen molar-refractivity contribution in [1.82, 2.24) is 15.3 Å². The standard InChI is InChI=1S/C27H31N3O7/c31-23-16-15-21(25(32)30-24(37-27(34)35)12-7-17-29(23)30)28-22(14-13-19-8-3-1-4-9-19)26(33)36-18-20-10-5-2-6-11-20/h1-6,8-11,21-22,24,28H,7,12-18H2,(H,34,35). The molecule has 0 aromatic heterocycles. The van der Waals surface area contributed by atoms with Gasteiger partial charge in [-0.25, -0.2) is 14.8 Å². The van der Waals surface area contributed by atoms with E-state index >= 15 is 0 Å². The van der Waals surface area contributed by atoms with Gasteiger partial charge in [-0.1, -0.05) is 60.7 Å². The van der Waals surface area contributed by atoms with Crippen LogP contribution >= 0.6 is 0 Å². The highest BCUT2D eigenvalue weighted by Gasteiger charge is 2.44. The largest absolute Gasteiger partial charge is 0.507 e. The van der Waals surface area contributed by atoms with Gasteiger partial charge in [0, 0.05) is 19.4 Å². The molecule has 0 spiro atoms. The number of hydrogen-bond donors (Lipinski definition) is 2. The highest BCUT2D eigenvalue weighted by molar-refractivity contribution is 5.89. The first-order chi connectivity index (χ1) is 17.9. The van der Waals surface area contributed by atoms with Crippen molar-refractivity contribution in [2.45, 2.75) is 63.4 Å². The average Bonchev–Trinajstić information content (AvgIpc) is 3.02. The Hall–Kier alpha value is -3.92. The molecule has 0 bridgehead atoms. The third kappa shape index (κ3) is 6.85. The quantitative estimate of drug-likeness (QED) is 0.495. The van der Waals surface area contributed by atoms with E-state index in [0.29, 0.717) is 25.8 Å². The fraction of sp³-hybridized carbons (Fsp3) is 0.407. The molecule has 3 atom stereocenters. The number of nitrogens with zero attached hydrogens (tertiary/aromatic N) is 2. The Morgan fingerprint density at radius 1 is 1.00 bits per heavy atom. The van der Waals surface area contributed by atoms with Crippen LogP contribution in [-0.4, -0.2) is 63.9 Å². The minimum absolute atomic E-state index is 0.0736. The molecule has 3 unspecified atom stereocenters. The lowest BCUT2D eigenvalue weighted by Crippen LogP contribution is -2.61. The molecule has 2 aliphatic heterocycles. The zero-order valence-corrected chi connectivity index (χ0v) is 20.5. The fourth-order valence-electron chi connectivity index (χ4n) is 4.66. The lowest BCUT2D eigenvalue weighted by atomic mass is 10.0. The van der Waals surface area contributed by atoms with Crippen LogP contribution in [0.25, 0.3) is 0 Å². The second-order valence-electron chi connectivity index (χ2n) is 9.11. The highest BCUT2D eigenvalue weighted by Crippen LogP contribution is 2.26. The predicted molar refractivity (Wildman–Crippen MR) is 132 cm³/mol. The van der Waals surface area contributed by atoms with Crippen molar-refractivity contribution in [2.24, 2.45) is 0 Å². The molecular formula is C27H31N3O7. The molecule has 37 heavy (non-hydrogen) atoms. The van der Waals surface area contributed by atoms with Gasteiger partial charge in [-0.15, -0.1) is 0 Å². The maximum absolute atomic E-state index is 13.6. The normalized spacial score (nSPS) is 20.5. The zero-order valence-electron chi connectivity index (χ0n) is 20.5. The minimum atomic E-state index is -1.52. The van der Waals surface area contributed by atoms with E-state index in [1.54, 1.807) is 0 Å². The summed E-state index contributed by atoms with van der Waals surface area (Å²) >= 11 is 0. The van der Waals surface area contributed by atoms with E-state index in [0.717, 1.165) is 16.1 Å². The maximum Gasteiger partial charge on any atom is 0.507 e. The van der Waals surface area contributed by atoms with Crippen molar-refractivity contribution in [3.05, 3.63) is 71.8 Å². The number of carbonyl (C=O) groups is 4. The van der Waals surface area contributed by atoms with Gasteiger partial charge in [0.05, 0.1) is 6.04 Å². The molecule has 2 aliphatic rings. The summed E-state index contributed by atoms with van der Waals surface area (Å²) in [5, 5.41) is 14.7. The van der Waals surface area contributed by atoms with E-state index in [1.165, 1.54) is 5.01 Å². The van der Waals surface area contributed by atoms with Crippen LogP contribution < -0.4 is 5.32 Å². The van der Waals surface area contributed by atoms with Gasteiger partial charge in [-0.05, 0) is 36.8 Å². The van der Waals surface area contributed by atoms with Crippen molar-refractivity contribution >= 4 is 23.9 Å². The monoisotopic (exact) mass is 509 g/mol. The molecule has 2 fully saturated rings. The number of hydrogen-bond acceptors (Lipinski definition) is 7. The molecule has 4 rings (SSSR count). The average molecular weight is 510 g/mol. The molecule has 2 aromatic rings. The predicted octanol–water partition coefficient (Wildman–Crippen LogP) is 2.87. The van der Waals surface area contributed by atoms with Crippen LogP contribution in [0.3, 0.4) is 0 Å². The summed E-state index contributed by atoms with van der Waals surface area (Å²) in [6.07, 6.45) is -0.651. The summed E-state index contributed by atoms with van der Waals surface area (Å²) in [6, 6.07) is 17.3. The number of hydrazine groups is 1. The number of carbonyl (C=O) groups excluding carboxylic acids is 3. The van der Waals surface area contributed by atoms with Crippen molar-refractivity contribution in [2.75, 3.05) is 6.54 Å². The SMILES string of the molecule is O=C(O)OC1CCCN2C(=O)CCC(NC(CCc3ccccc3)C(=O)OCc3ccccc3)C(=O)N12. The van der Waals surface area contributed by atoms with Crippen LogP contribution in [0.15, 0.2) is 60.7 Å². The molecule has 0 saturated carbocycles. The van der Waals surface area contributed by atoms with Crippen LogP contribution in [0.2, 0.25) is 0 Å². The number of ether oxygens (including phenoxy) is 2. The third-order valence-corrected chi connectivity index (χ3v) is 6.52. The Kier molecular flexibility index (Phi) is 8.73. The Bertz CT molecular complexity index is 1100. The third-order valence-electron chi connectivity index (χ3n) is 6.52. The van der Waals surface area contributed by atoms with Crippen LogP contribution in [0.5, 0.6) is 0 Å². The van der Waals surface area contributed by atoms with E-state index in [1.807, 2.05) is 60.7 Å². The van der Waals surface area contributed by atoms with E-state index in [2.05, 4.69) is 5.32 Å². The first-order valence-electron chi connectivity index (χ1n) is 12.5. The van der Waals surface area contributed by atoms with Gasteiger partial charge >= 0.3 is 12.1 Å². The number of aryl methyl sites for hydroxylation is 1. The summed E-state index contributed by atoms with van der Waals surface area (Å²) < 4.78 is 10.5. The van der Waals surface area contributed by atoms with E-state index in [-0.39, 0.29) is 31.8 Å². The first kappa shape index (κ1) is 26.2. The van der Waals surface area contributed by atoms with Gasteiger partial charge in [0.25, 0.3) is 5.91 Å². The molecule has 2 aromatic carbocycles. The zero-order chi connectivity index (χ0) is 26.2. The fourth-order valence-corrected chi connectivity index (χ4v) is 4.66. The first-order valence-corrected chi connectivity index (χ1v) is 12.5. The molecule has 2 heterocycles. The number of amides is 2. The van der Waals surface area contributed by atoms with Gasteiger partial charge in [0.15, 0.2) is 6.23 Å². The van der Waals surface area contributed by atoms with E-state index in [9.17, 15) is 19.2 Å². The summed E-state index contributed by atoms with van der Waals surface area (Å²) in [5.41, 5.74) is 1.87. The molecule has 2 saturated heterocycles. The second kappa shape index (κ2) is 12.4. The Morgan fingerprint density at radius 3 is 2.35 bits per heavy atom. The van der Waals surface area contributed by atoms with Gasteiger partial charge < -0.3 is 14.6 Å².